The molecule has 1 N–H and O–H groups in total. The molecule has 0 unspecified atom stereocenters. The molecule has 0 saturated carbocycles. The van der Waals surface area contributed by atoms with Crippen LogP contribution in [0, 0.1) is 6.92 Å². The molecule has 0 bridgehead atoms. The lowest BCUT2D eigenvalue weighted by Gasteiger charge is -2.07. The van der Waals surface area contributed by atoms with Crippen LogP contribution in [0.25, 0.3) is 17.1 Å². The van der Waals surface area contributed by atoms with Gasteiger partial charge < -0.3 is 5.32 Å². The Labute approximate surface area is 188 Å². The summed E-state index contributed by atoms with van der Waals surface area (Å²) in [7, 11) is 0. The molecule has 0 atom stereocenters. The summed E-state index contributed by atoms with van der Waals surface area (Å²) in [4.78, 5) is 17.3. The number of carbonyl (C=O) groups is 1. The topological polar surface area (TPSA) is 59.8 Å². The number of aryl methyl sites for hydroxylation is 1. The normalized spacial score (nSPS) is 10.8. The Morgan fingerprint density at radius 2 is 1.70 bits per heavy atom. The number of aromatic nitrogens is 3. The van der Waals surface area contributed by atoms with E-state index in [1.807, 2.05) is 31.2 Å². The highest BCUT2D eigenvalue weighted by atomic mass is 35.5. The molecule has 1 aromatic heterocycles. The third-order valence-corrected chi connectivity index (χ3v) is 5.33. The Hall–Kier alpha value is -2.86. The standard InChI is InChI=1S/C22H15Cl3N4O/c1-13-3-2-4-14(11-13)21-27-20(22(30)26-16-7-5-15(23)6-8-16)28-29(21)17-9-10-18(24)19(25)12-17/h2-12H,1H3,(H,26,30). The van der Waals surface area contributed by atoms with E-state index in [1.54, 1.807) is 47.1 Å². The van der Waals surface area contributed by atoms with Gasteiger partial charge in [-0.25, -0.2) is 9.67 Å². The number of hydrogen-bond acceptors (Lipinski definition) is 3. The van der Waals surface area contributed by atoms with Crippen LogP contribution in [0.3, 0.4) is 0 Å². The van der Waals surface area contributed by atoms with Crippen molar-refractivity contribution < 1.29 is 4.79 Å². The molecule has 5 nitrogen and oxygen atoms in total. The molecule has 150 valence electrons. The smallest absolute Gasteiger partial charge is 0.295 e. The number of benzene rings is 3. The summed E-state index contributed by atoms with van der Waals surface area (Å²) >= 11 is 18.1. The molecule has 8 heteroatoms. The van der Waals surface area contributed by atoms with Crippen LogP contribution in [-0.2, 0) is 0 Å². The predicted octanol–water partition coefficient (Wildman–Crippen LogP) is 6.46. The molecule has 0 radical (unpaired) electrons. The van der Waals surface area contributed by atoms with Crippen molar-refractivity contribution in [3.8, 4) is 17.1 Å². The molecule has 4 rings (SSSR count). The van der Waals surface area contributed by atoms with Crippen LogP contribution in [0.1, 0.15) is 16.2 Å². The second-order valence-electron chi connectivity index (χ2n) is 6.60. The number of carbonyl (C=O) groups excluding carboxylic acids is 1. The number of nitrogens with one attached hydrogen (secondary N) is 1. The van der Waals surface area contributed by atoms with Gasteiger partial charge in [-0.1, -0.05) is 58.6 Å². The zero-order chi connectivity index (χ0) is 21.3. The molecule has 1 amide bonds. The van der Waals surface area contributed by atoms with Crippen molar-refractivity contribution in [2.24, 2.45) is 0 Å². The molecule has 0 fully saturated rings. The van der Waals surface area contributed by atoms with Crippen LogP contribution >= 0.6 is 34.8 Å². The van der Waals surface area contributed by atoms with Crippen LogP contribution in [-0.4, -0.2) is 20.7 Å². The fourth-order valence-corrected chi connectivity index (χ4v) is 3.31. The van der Waals surface area contributed by atoms with Crippen molar-refractivity contribution in [3.63, 3.8) is 0 Å². The third-order valence-electron chi connectivity index (χ3n) is 4.34. The first-order chi connectivity index (χ1) is 14.4. The average molecular weight is 458 g/mol. The second-order valence-corrected chi connectivity index (χ2v) is 7.85. The zero-order valence-corrected chi connectivity index (χ0v) is 18.0. The number of nitrogens with zero attached hydrogens (tertiary/aromatic N) is 3. The monoisotopic (exact) mass is 456 g/mol. The molecule has 4 aromatic rings. The summed E-state index contributed by atoms with van der Waals surface area (Å²) in [6, 6.07) is 19.7. The SMILES string of the molecule is Cc1cccc(-c2nc(C(=O)Nc3ccc(Cl)cc3)nn2-c2ccc(Cl)c(Cl)c2)c1. The largest absolute Gasteiger partial charge is 0.319 e. The van der Waals surface area contributed by atoms with Crippen molar-refractivity contribution in [1.29, 1.82) is 0 Å². The molecule has 3 aromatic carbocycles. The lowest BCUT2D eigenvalue weighted by Crippen LogP contribution is -2.14. The van der Waals surface area contributed by atoms with E-state index in [1.165, 1.54) is 0 Å². The van der Waals surface area contributed by atoms with Crippen LogP contribution < -0.4 is 5.32 Å². The lowest BCUT2D eigenvalue weighted by molar-refractivity contribution is 0.101. The highest BCUT2D eigenvalue weighted by Crippen LogP contribution is 2.28. The van der Waals surface area contributed by atoms with E-state index in [4.69, 9.17) is 34.8 Å². The zero-order valence-electron chi connectivity index (χ0n) is 15.7. The molecule has 0 aliphatic heterocycles. The first-order valence-corrected chi connectivity index (χ1v) is 10.1. The van der Waals surface area contributed by atoms with Gasteiger partial charge in [0.25, 0.3) is 5.91 Å². The number of anilines is 1. The Morgan fingerprint density at radius 3 is 2.40 bits per heavy atom. The molecular formula is C22H15Cl3N4O. The van der Waals surface area contributed by atoms with E-state index in [0.717, 1.165) is 11.1 Å². The van der Waals surface area contributed by atoms with Crippen LogP contribution in [0.15, 0.2) is 66.7 Å². The highest BCUT2D eigenvalue weighted by Gasteiger charge is 2.19. The minimum atomic E-state index is -0.440. The van der Waals surface area contributed by atoms with Crippen molar-refractivity contribution in [2.75, 3.05) is 5.32 Å². The summed E-state index contributed by atoms with van der Waals surface area (Å²) in [5.41, 5.74) is 3.11. The predicted molar refractivity (Wildman–Crippen MR) is 121 cm³/mol. The maximum atomic E-state index is 12.8. The van der Waals surface area contributed by atoms with Gasteiger partial charge in [-0.3, -0.25) is 4.79 Å². The Kier molecular flexibility index (Phi) is 5.77. The maximum Gasteiger partial charge on any atom is 0.295 e. The van der Waals surface area contributed by atoms with Gasteiger partial charge in [0.15, 0.2) is 5.82 Å². The number of rotatable bonds is 4. The summed E-state index contributed by atoms with van der Waals surface area (Å²) in [5, 5.41) is 8.61. The molecule has 0 aliphatic carbocycles. The van der Waals surface area contributed by atoms with Crippen molar-refractivity contribution in [3.05, 3.63) is 93.2 Å². The van der Waals surface area contributed by atoms with E-state index in [0.29, 0.717) is 32.3 Å². The minimum Gasteiger partial charge on any atom is -0.319 e. The van der Waals surface area contributed by atoms with Gasteiger partial charge in [0, 0.05) is 16.3 Å². The van der Waals surface area contributed by atoms with Crippen molar-refractivity contribution in [2.45, 2.75) is 6.92 Å². The second kappa shape index (κ2) is 8.48. The molecule has 1 heterocycles. The first kappa shape index (κ1) is 20.4. The van der Waals surface area contributed by atoms with Gasteiger partial charge in [-0.2, -0.15) is 0 Å². The highest BCUT2D eigenvalue weighted by molar-refractivity contribution is 6.42. The van der Waals surface area contributed by atoms with Gasteiger partial charge in [0.1, 0.15) is 0 Å². The summed E-state index contributed by atoms with van der Waals surface area (Å²) in [6.45, 7) is 1.98. The van der Waals surface area contributed by atoms with Crippen LogP contribution in [0.5, 0.6) is 0 Å². The van der Waals surface area contributed by atoms with Crippen LogP contribution in [0.2, 0.25) is 15.1 Å². The van der Waals surface area contributed by atoms with E-state index in [9.17, 15) is 4.79 Å². The number of amides is 1. The Bertz CT molecular complexity index is 1240. The van der Waals surface area contributed by atoms with E-state index >= 15 is 0 Å². The van der Waals surface area contributed by atoms with Gasteiger partial charge >= 0.3 is 0 Å². The fourth-order valence-electron chi connectivity index (χ4n) is 2.90. The van der Waals surface area contributed by atoms with Crippen molar-refractivity contribution in [1.82, 2.24) is 14.8 Å². The Morgan fingerprint density at radius 1 is 0.933 bits per heavy atom. The molecular weight excluding hydrogens is 443 g/mol. The maximum absolute atomic E-state index is 12.8. The molecule has 0 aliphatic rings. The van der Waals surface area contributed by atoms with Gasteiger partial charge in [-0.15, -0.1) is 5.10 Å². The fraction of sp³-hybridized carbons (Fsp3) is 0.0455. The van der Waals surface area contributed by atoms with E-state index < -0.39 is 5.91 Å². The minimum absolute atomic E-state index is 0.0209. The van der Waals surface area contributed by atoms with E-state index in [-0.39, 0.29) is 5.82 Å². The average Bonchev–Trinajstić information content (AvgIpc) is 3.17. The molecule has 0 spiro atoms. The number of hydrogen-bond donors (Lipinski definition) is 1. The Balaban J connectivity index is 1.77. The first-order valence-electron chi connectivity index (χ1n) is 8.97. The third kappa shape index (κ3) is 4.33. The number of halogens is 3. The van der Waals surface area contributed by atoms with Gasteiger partial charge in [0.2, 0.25) is 5.82 Å². The summed E-state index contributed by atoms with van der Waals surface area (Å²) < 4.78 is 1.58. The van der Waals surface area contributed by atoms with E-state index in [2.05, 4.69) is 15.4 Å². The van der Waals surface area contributed by atoms with Crippen molar-refractivity contribution >= 4 is 46.4 Å². The van der Waals surface area contributed by atoms with Crippen LogP contribution in [0.4, 0.5) is 5.69 Å². The summed E-state index contributed by atoms with van der Waals surface area (Å²) in [6.07, 6.45) is 0. The van der Waals surface area contributed by atoms with Gasteiger partial charge in [-0.05, 0) is 55.5 Å². The van der Waals surface area contributed by atoms with Gasteiger partial charge in [0.05, 0.1) is 15.7 Å². The summed E-state index contributed by atoms with van der Waals surface area (Å²) in [5.74, 6) is 0.0934. The molecule has 0 saturated heterocycles. The lowest BCUT2D eigenvalue weighted by atomic mass is 10.1. The quantitative estimate of drug-likeness (QED) is 0.383. The molecule has 30 heavy (non-hydrogen) atoms.